The molecule has 3 rings (SSSR count). The van der Waals surface area contributed by atoms with E-state index in [1.54, 1.807) is 15.9 Å². The molecule has 0 radical (unpaired) electrons. The predicted octanol–water partition coefficient (Wildman–Crippen LogP) is 10.9. The lowest BCUT2D eigenvalue weighted by Crippen LogP contribution is -2.14. The van der Waals surface area contributed by atoms with Crippen molar-refractivity contribution >= 4 is 56.7 Å². The van der Waals surface area contributed by atoms with Crippen molar-refractivity contribution in [1.82, 2.24) is 0 Å². The highest BCUT2D eigenvalue weighted by Crippen LogP contribution is 2.41. The highest BCUT2D eigenvalue weighted by atomic mass is 31.1. The fourth-order valence-corrected chi connectivity index (χ4v) is 12.8. The summed E-state index contributed by atoms with van der Waals surface area (Å²) in [5, 5.41) is 4.67. The number of benzene rings is 3. The first kappa shape index (κ1) is 33.3. The van der Waals surface area contributed by atoms with Gasteiger partial charge >= 0.3 is 0 Å². The Morgan fingerprint density at radius 1 is 0.350 bits per heavy atom. The van der Waals surface area contributed by atoms with Crippen LogP contribution in [0.15, 0.2) is 72.8 Å². The van der Waals surface area contributed by atoms with Gasteiger partial charge in [-0.3, -0.25) is 0 Å². The molecule has 0 heterocycles. The summed E-state index contributed by atoms with van der Waals surface area (Å²) in [5.74, 6) is 0. The molecule has 0 atom stereocenters. The van der Waals surface area contributed by atoms with E-state index >= 15 is 0 Å². The summed E-state index contributed by atoms with van der Waals surface area (Å²) in [4.78, 5) is 2.48. The molecule has 0 aliphatic carbocycles. The second-order valence-corrected chi connectivity index (χ2v) is 18.3. The standard InChI is InChI=1S/C36H54NP3/c1-7-25-38(26-8-2)34-19-13-31(14-20-34)37(32-15-21-35(22-16-32)39(27-9-3)28-10-4)33-17-23-36(24-18-33)40(29-11-5)30-12-6/h13-24H,7-12,25-30H2,1-6H3. The highest BCUT2D eigenvalue weighted by molar-refractivity contribution is 7.66. The van der Waals surface area contributed by atoms with Gasteiger partial charge in [0, 0.05) is 17.1 Å². The number of rotatable bonds is 18. The van der Waals surface area contributed by atoms with Gasteiger partial charge in [0.05, 0.1) is 0 Å². The van der Waals surface area contributed by atoms with E-state index in [-0.39, 0.29) is 23.8 Å². The van der Waals surface area contributed by atoms with Gasteiger partial charge in [0.2, 0.25) is 0 Å². The van der Waals surface area contributed by atoms with Gasteiger partial charge in [0.1, 0.15) is 0 Å². The topological polar surface area (TPSA) is 3.24 Å². The van der Waals surface area contributed by atoms with Crippen molar-refractivity contribution in [3.05, 3.63) is 72.8 Å². The van der Waals surface area contributed by atoms with Crippen LogP contribution in [0.2, 0.25) is 0 Å². The summed E-state index contributed by atoms with van der Waals surface area (Å²) in [7, 11) is -0.146. The largest absolute Gasteiger partial charge is 0.311 e. The molecule has 0 fully saturated rings. The molecule has 0 saturated heterocycles. The van der Waals surface area contributed by atoms with Crippen molar-refractivity contribution < 1.29 is 0 Å². The van der Waals surface area contributed by atoms with Crippen molar-refractivity contribution in [2.75, 3.05) is 41.9 Å². The molecule has 0 spiro atoms. The maximum Gasteiger partial charge on any atom is 0.0462 e. The molecule has 0 bridgehead atoms. The lowest BCUT2D eigenvalue weighted by Gasteiger charge is -2.28. The molecule has 0 amide bonds. The van der Waals surface area contributed by atoms with Crippen LogP contribution in [0.25, 0.3) is 0 Å². The second kappa shape index (κ2) is 18.3. The van der Waals surface area contributed by atoms with E-state index in [0.29, 0.717) is 0 Å². The van der Waals surface area contributed by atoms with Crippen molar-refractivity contribution in [2.24, 2.45) is 0 Å². The summed E-state index contributed by atoms with van der Waals surface area (Å²) in [6, 6.07) is 28.8. The molecular formula is C36H54NP3. The average Bonchev–Trinajstić information content (AvgIpc) is 2.98. The first-order chi connectivity index (χ1) is 19.6. The second-order valence-electron chi connectivity index (χ2n) is 10.8. The summed E-state index contributed by atoms with van der Waals surface area (Å²) >= 11 is 0. The van der Waals surface area contributed by atoms with Gasteiger partial charge in [-0.05, 0) is 89.3 Å². The number of hydrogen-bond donors (Lipinski definition) is 0. The number of hydrogen-bond acceptors (Lipinski definition) is 1. The van der Waals surface area contributed by atoms with Crippen LogP contribution in [-0.2, 0) is 0 Å². The van der Waals surface area contributed by atoms with Gasteiger partial charge in [0.15, 0.2) is 0 Å². The van der Waals surface area contributed by atoms with Gasteiger partial charge in [-0.1, -0.05) is 140 Å². The number of anilines is 3. The minimum Gasteiger partial charge on any atom is -0.311 e. The van der Waals surface area contributed by atoms with E-state index in [0.717, 1.165) is 0 Å². The molecule has 218 valence electrons. The molecule has 0 unspecified atom stereocenters. The van der Waals surface area contributed by atoms with Crippen LogP contribution in [0.3, 0.4) is 0 Å². The number of nitrogens with zero attached hydrogens (tertiary/aromatic N) is 1. The fraction of sp³-hybridized carbons (Fsp3) is 0.500. The Kier molecular flexibility index (Phi) is 15.2. The molecule has 0 aliphatic heterocycles. The summed E-state index contributed by atoms with van der Waals surface area (Å²) in [6.45, 7) is 14.0. The maximum absolute atomic E-state index is 2.48. The van der Waals surface area contributed by atoms with E-state index in [1.165, 1.54) is 92.6 Å². The summed E-state index contributed by atoms with van der Waals surface area (Å²) in [5.41, 5.74) is 3.79. The first-order valence-electron chi connectivity index (χ1n) is 15.9. The third-order valence-electron chi connectivity index (χ3n) is 7.38. The van der Waals surface area contributed by atoms with Crippen molar-refractivity contribution in [3.8, 4) is 0 Å². The molecule has 0 aromatic heterocycles. The Morgan fingerprint density at radius 3 is 0.725 bits per heavy atom. The quantitative estimate of drug-likeness (QED) is 0.133. The summed E-state index contributed by atoms with van der Waals surface area (Å²) < 4.78 is 0. The molecule has 0 saturated carbocycles. The molecule has 0 N–H and O–H groups in total. The minimum absolute atomic E-state index is 0.0488. The fourth-order valence-electron chi connectivity index (χ4n) is 5.61. The van der Waals surface area contributed by atoms with Gasteiger partial charge in [-0.15, -0.1) is 0 Å². The van der Waals surface area contributed by atoms with E-state index < -0.39 is 0 Å². The first-order valence-corrected chi connectivity index (χ1v) is 21.1. The zero-order chi connectivity index (χ0) is 28.7. The Hall–Kier alpha value is -1.25. The average molecular weight is 594 g/mol. The monoisotopic (exact) mass is 593 g/mol. The van der Waals surface area contributed by atoms with E-state index in [1.807, 2.05) is 0 Å². The Balaban J connectivity index is 2.00. The van der Waals surface area contributed by atoms with Crippen molar-refractivity contribution in [2.45, 2.75) is 80.1 Å². The maximum atomic E-state index is 2.48. The van der Waals surface area contributed by atoms with Crippen LogP contribution in [-0.4, -0.2) is 37.0 Å². The molecule has 3 aromatic carbocycles. The van der Waals surface area contributed by atoms with Gasteiger partial charge in [0.25, 0.3) is 0 Å². The van der Waals surface area contributed by atoms with Crippen LogP contribution in [0.1, 0.15) is 80.1 Å². The third-order valence-corrected chi connectivity index (χ3v) is 16.4. The smallest absolute Gasteiger partial charge is 0.0462 e. The predicted molar refractivity (Wildman–Crippen MR) is 192 cm³/mol. The Labute approximate surface area is 250 Å². The van der Waals surface area contributed by atoms with E-state index in [2.05, 4.69) is 119 Å². The molecule has 3 aromatic rings. The normalized spacial score (nSPS) is 11.6. The lowest BCUT2D eigenvalue weighted by atomic mass is 10.2. The van der Waals surface area contributed by atoms with Gasteiger partial charge in [-0.25, -0.2) is 0 Å². The lowest BCUT2D eigenvalue weighted by molar-refractivity contribution is 1.06. The van der Waals surface area contributed by atoms with Gasteiger partial charge in [-0.2, -0.15) is 0 Å². The molecule has 1 nitrogen and oxygen atoms in total. The van der Waals surface area contributed by atoms with Crippen LogP contribution in [0.5, 0.6) is 0 Å². The SMILES string of the molecule is CCCP(CCC)c1ccc(N(c2ccc(P(CCC)CCC)cc2)c2ccc(P(CCC)CCC)cc2)cc1. The van der Waals surface area contributed by atoms with E-state index in [4.69, 9.17) is 0 Å². The van der Waals surface area contributed by atoms with Crippen LogP contribution in [0.4, 0.5) is 17.1 Å². The van der Waals surface area contributed by atoms with Crippen LogP contribution in [0, 0.1) is 0 Å². The zero-order valence-electron chi connectivity index (χ0n) is 26.2. The van der Waals surface area contributed by atoms with Crippen LogP contribution >= 0.6 is 23.8 Å². The molecule has 40 heavy (non-hydrogen) atoms. The minimum atomic E-state index is -0.0488. The third kappa shape index (κ3) is 9.38. The Morgan fingerprint density at radius 2 is 0.550 bits per heavy atom. The van der Waals surface area contributed by atoms with Crippen molar-refractivity contribution in [3.63, 3.8) is 0 Å². The molecule has 0 aliphatic rings. The molecular weight excluding hydrogens is 539 g/mol. The van der Waals surface area contributed by atoms with Gasteiger partial charge < -0.3 is 4.90 Å². The molecule has 4 heteroatoms. The highest BCUT2D eigenvalue weighted by Gasteiger charge is 2.17. The van der Waals surface area contributed by atoms with E-state index in [9.17, 15) is 0 Å². The Bertz CT molecular complexity index is 919. The van der Waals surface area contributed by atoms with Crippen molar-refractivity contribution in [1.29, 1.82) is 0 Å². The summed E-state index contributed by atoms with van der Waals surface area (Å²) in [6.07, 6.45) is 15.7. The zero-order valence-corrected chi connectivity index (χ0v) is 28.9. The van der Waals surface area contributed by atoms with Crippen LogP contribution < -0.4 is 20.8 Å².